The Labute approximate surface area is 210 Å². The largest absolute Gasteiger partial charge is 0.129 e. The quantitative estimate of drug-likeness (QED) is 0.260. The second-order valence-corrected chi connectivity index (χ2v) is 8.55. The van der Waals surface area contributed by atoms with Gasteiger partial charge in [-0.2, -0.15) is 0 Å². The van der Waals surface area contributed by atoms with E-state index in [4.69, 9.17) is 0 Å². The molecular formula is C33H23N3. The summed E-state index contributed by atoms with van der Waals surface area (Å²) in [5.74, 6) is 0. The minimum absolute atomic E-state index is 0.814. The van der Waals surface area contributed by atoms with Gasteiger partial charge in [-0.15, -0.1) is 10.2 Å². The van der Waals surface area contributed by atoms with Gasteiger partial charge in [-0.25, -0.2) is 0 Å². The van der Waals surface area contributed by atoms with Crippen LogP contribution in [0.3, 0.4) is 0 Å². The van der Waals surface area contributed by atoms with Gasteiger partial charge >= 0.3 is 0 Å². The summed E-state index contributed by atoms with van der Waals surface area (Å²) in [4.78, 5) is 0. The molecule has 0 aliphatic heterocycles. The standard InChI is InChI=1S/C33H23N3/c1-4-14-24(15-5-1)27-20-10-11-21-28(27)29-22-12-13-23-30(29)31-32(25-16-6-2-7-17-25)34-36-35-33(31)26-18-8-3-9-19-26/h1-23H. The molecule has 3 heteroatoms. The van der Waals surface area contributed by atoms with E-state index in [0.717, 1.165) is 44.8 Å². The van der Waals surface area contributed by atoms with Gasteiger partial charge in [-0.1, -0.05) is 140 Å². The summed E-state index contributed by atoms with van der Waals surface area (Å²) in [6.07, 6.45) is 0. The van der Waals surface area contributed by atoms with E-state index in [2.05, 4.69) is 112 Å². The Morgan fingerprint density at radius 3 is 1.17 bits per heavy atom. The van der Waals surface area contributed by atoms with Crippen molar-refractivity contribution in [2.24, 2.45) is 0 Å². The normalized spacial score (nSPS) is 10.8. The molecule has 1 aromatic heterocycles. The average molecular weight is 462 g/mol. The van der Waals surface area contributed by atoms with E-state index in [-0.39, 0.29) is 0 Å². The Morgan fingerprint density at radius 2 is 0.667 bits per heavy atom. The smallest absolute Gasteiger partial charge is 0.105 e. The highest BCUT2D eigenvalue weighted by Gasteiger charge is 2.21. The molecule has 0 aliphatic carbocycles. The van der Waals surface area contributed by atoms with Crippen LogP contribution in [0, 0.1) is 0 Å². The third-order valence-corrected chi connectivity index (χ3v) is 6.36. The molecule has 5 aromatic carbocycles. The highest BCUT2D eigenvalue weighted by molar-refractivity contribution is 5.99. The summed E-state index contributed by atoms with van der Waals surface area (Å²) in [5, 5.41) is 13.3. The predicted molar refractivity (Wildman–Crippen MR) is 147 cm³/mol. The molecule has 6 rings (SSSR count). The maximum absolute atomic E-state index is 4.57. The third kappa shape index (κ3) is 4.08. The van der Waals surface area contributed by atoms with E-state index in [9.17, 15) is 0 Å². The maximum atomic E-state index is 4.57. The van der Waals surface area contributed by atoms with Crippen LogP contribution in [0.5, 0.6) is 0 Å². The van der Waals surface area contributed by atoms with Crippen molar-refractivity contribution in [2.45, 2.75) is 0 Å². The number of aromatic nitrogens is 3. The number of hydrogen-bond donors (Lipinski definition) is 0. The minimum Gasteiger partial charge on any atom is -0.129 e. The van der Waals surface area contributed by atoms with E-state index < -0.39 is 0 Å². The summed E-state index contributed by atoms with van der Waals surface area (Å²) in [7, 11) is 0. The van der Waals surface area contributed by atoms with Crippen molar-refractivity contribution in [1.29, 1.82) is 0 Å². The summed E-state index contributed by atoms with van der Waals surface area (Å²) >= 11 is 0. The summed E-state index contributed by atoms with van der Waals surface area (Å²) in [5.41, 5.74) is 10.3. The van der Waals surface area contributed by atoms with Crippen molar-refractivity contribution in [2.75, 3.05) is 0 Å². The topological polar surface area (TPSA) is 38.7 Å². The molecule has 0 aliphatic rings. The molecule has 0 amide bonds. The summed E-state index contributed by atoms with van der Waals surface area (Å²) in [6, 6.07) is 48.0. The lowest BCUT2D eigenvalue weighted by Crippen LogP contribution is -2.01. The van der Waals surface area contributed by atoms with Gasteiger partial charge in [-0.05, 0) is 33.0 Å². The van der Waals surface area contributed by atoms with E-state index in [1.807, 2.05) is 42.5 Å². The van der Waals surface area contributed by atoms with Crippen molar-refractivity contribution in [3.63, 3.8) is 0 Å². The Hall–Kier alpha value is -4.89. The van der Waals surface area contributed by atoms with Crippen molar-refractivity contribution in [1.82, 2.24) is 15.4 Å². The molecule has 0 fully saturated rings. The van der Waals surface area contributed by atoms with Crippen LogP contribution in [0.25, 0.3) is 55.9 Å². The van der Waals surface area contributed by atoms with Crippen LogP contribution in [0.2, 0.25) is 0 Å². The fraction of sp³-hybridized carbons (Fsp3) is 0. The zero-order valence-electron chi connectivity index (χ0n) is 19.6. The number of nitrogens with zero attached hydrogens (tertiary/aromatic N) is 3. The first-order valence-corrected chi connectivity index (χ1v) is 12.0. The van der Waals surface area contributed by atoms with Crippen molar-refractivity contribution in [3.8, 4) is 55.9 Å². The van der Waals surface area contributed by atoms with Crippen LogP contribution in [0.15, 0.2) is 140 Å². The molecule has 0 N–H and O–H groups in total. The molecule has 170 valence electrons. The highest BCUT2D eigenvalue weighted by atomic mass is 15.3. The Morgan fingerprint density at radius 1 is 0.306 bits per heavy atom. The van der Waals surface area contributed by atoms with E-state index >= 15 is 0 Å². The maximum Gasteiger partial charge on any atom is 0.105 e. The fourth-order valence-electron chi connectivity index (χ4n) is 4.70. The molecule has 0 radical (unpaired) electrons. The Balaban J connectivity index is 1.66. The Kier molecular flexibility index (Phi) is 5.87. The van der Waals surface area contributed by atoms with E-state index in [1.165, 1.54) is 11.1 Å². The molecule has 0 saturated carbocycles. The molecule has 1 heterocycles. The number of benzene rings is 5. The first kappa shape index (κ1) is 21.6. The molecule has 0 spiro atoms. The van der Waals surface area contributed by atoms with Crippen LogP contribution in [0.4, 0.5) is 0 Å². The van der Waals surface area contributed by atoms with Gasteiger partial charge in [0, 0.05) is 16.7 Å². The molecule has 36 heavy (non-hydrogen) atoms. The van der Waals surface area contributed by atoms with Crippen LogP contribution in [0.1, 0.15) is 0 Å². The summed E-state index contributed by atoms with van der Waals surface area (Å²) < 4.78 is 0. The van der Waals surface area contributed by atoms with Crippen LogP contribution in [-0.4, -0.2) is 15.4 Å². The lowest BCUT2D eigenvalue weighted by molar-refractivity contribution is 0.879. The first-order chi connectivity index (χ1) is 17.9. The number of hydrogen-bond acceptors (Lipinski definition) is 3. The third-order valence-electron chi connectivity index (χ3n) is 6.36. The van der Waals surface area contributed by atoms with Gasteiger partial charge in [0.05, 0.1) is 0 Å². The van der Waals surface area contributed by atoms with Crippen molar-refractivity contribution < 1.29 is 0 Å². The molecule has 0 unspecified atom stereocenters. The van der Waals surface area contributed by atoms with Gasteiger partial charge < -0.3 is 0 Å². The van der Waals surface area contributed by atoms with Gasteiger partial charge in [0.15, 0.2) is 0 Å². The Bertz CT molecular complexity index is 1550. The van der Waals surface area contributed by atoms with Gasteiger partial charge in [-0.3, -0.25) is 0 Å². The molecule has 0 bridgehead atoms. The van der Waals surface area contributed by atoms with Crippen molar-refractivity contribution in [3.05, 3.63) is 140 Å². The molecule has 0 atom stereocenters. The second-order valence-electron chi connectivity index (χ2n) is 8.55. The highest BCUT2D eigenvalue weighted by Crippen LogP contribution is 2.43. The predicted octanol–water partition coefficient (Wildman–Crippen LogP) is 8.21. The monoisotopic (exact) mass is 461 g/mol. The van der Waals surface area contributed by atoms with Crippen LogP contribution >= 0.6 is 0 Å². The molecule has 0 saturated heterocycles. The zero-order chi connectivity index (χ0) is 24.2. The fourth-order valence-corrected chi connectivity index (χ4v) is 4.70. The van der Waals surface area contributed by atoms with E-state index in [0.29, 0.717) is 0 Å². The van der Waals surface area contributed by atoms with Gasteiger partial charge in [0.25, 0.3) is 0 Å². The lowest BCUT2D eigenvalue weighted by Gasteiger charge is -2.18. The molecule has 3 nitrogen and oxygen atoms in total. The SMILES string of the molecule is c1ccc(-c2ccccc2-c2ccccc2-c2c(-c3ccccc3)nnnc2-c2ccccc2)cc1. The first-order valence-electron chi connectivity index (χ1n) is 12.0. The molecule has 6 aromatic rings. The van der Waals surface area contributed by atoms with Crippen LogP contribution < -0.4 is 0 Å². The van der Waals surface area contributed by atoms with Crippen LogP contribution in [-0.2, 0) is 0 Å². The number of rotatable bonds is 5. The summed E-state index contributed by atoms with van der Waals surface area (Å²) in [6.45, 7) is 0. The minimum atomic E-state index is 0.814. The van der Waals surface area contributed by atoms with Gasteiger partial charge in [0.2, 0.25) is 0 Å². The average Bonchev–Trinajstić information content (AvgIpc) is 2.98. The second kappa shape index (κ2) is 9.77. The van der Waals surface area contributed by atoms with Gasteiger partial charge in [0.1, 0.15) is 11.4 Å². The zero-order valence-corrected chi connectivity index (χ0v) is 19.6. The molecular weight excluding hydrogens is 438 g/mol. The van der Waals surface area contributed by atoms with Crippen molar-refractivity contribution >= 4 is 0 Å². The van der Waals surface area contributed by atoms with E-state index in [1.54, 1.807) is 0 Å². The lowest BCUT2D eigenvalue weighted by atomic mass is 9.86.